The molecule has 5 nitrogen and oxygen atoms in total. The summed E-state index contributed by atoms with van der Waals surface area (Å²) in [7, 11) is 0. The zero-order valence-corrected chi connectivity index (χ0v) is 10.6. The molecule has 0 aromatic carbocycles. The van der Waals surface area contributed by atoms with Gasteiger partial charge in [-0.15, -0.1) is 0 Å². The average molecular weight is 285 g/mol. The number of carbonyl (C=O) groups is 1. The van der Waals surface area contributed by atoms with E-state index in [2.05, 4.69) is 36.1 Å². The minimum absolute atomic E-state index is 0.0650. The van der Waals surface area contributed by atoms with Gasteiger partial charge in [-0.25, -0.2) is 9.97 Å². The summed E-state index contributed by atoms with van der Waals surface area (Å²) < 4.78 is 0.861. The minimum Gasteiger partial charge on any atom is -0.354 e. The van der Waals surface area contributed by atoms with Crippen LogP contribution < -0.4 is 5.32 Å². The third-order valence-corrected chi connectivity index (χ3v) is 3.04. The van der Waals surface area contributed by atoms with E-state index >= 15 is 0 Å². The number of nitrogens with zero attached hydrogens (tertiary/aromatic N) is 3. The molecule has 0 spiro atoms. The number of hydrogen-bond donors (Lipinski definition) is 1. The van der Waals surface area contributed by atoms with Gasteiger partial charge in [-0.05, 0) is 22.9 Å². The first-order valence-corrected chi connectivity index (χ1v) is 5.94. The lowest BCUT2D eigenvalue weighted by molar-refractivity contribution is -0.124. The topological polar surface area (TPSA) is 58.1 Å². The van der Waals surface area contributed by atoms with Crippen molar-refractivity contribution in [3.8, 4) is 0 Å². The summed E-state index contributed by atoms with van der Waals surface area (Å²) >= 11 is 3.30. The van der Waals surface area contributed by atoms with E-state index < -0.39 is 0 Å². The number of nitrogens with one attached hydrogen (secondary N) is 1. The molecule has 0 aliphatic carbocycles. The summed E-state index contributed by atoms with van der Waals surface area (Å²) in [5.74, 6) is 0.813. The number of carbonyl (C=O) groups excluding carboxylic acids is 1. The van der Waals surface area contributed by atoms with Crippen LogP contribution in [0.15, 0.2) is 16.9 Å². The Balaban J connectivity index is 2.08. The zero-order chi connectivity index (χ0) is 11.5. The predicted molar refractivity (Wildman–Crippen MR) is 62.7 cm³/mol. The van der Waals surface area contributed by atoms with Gasteiger partial charge in [-0.3, -0.25) is 9.69 Å². The molecule has 16 heavy (non-hydrogen) atoms. The second-order valence-electron chi connectivity index (χ2n) is 3.76. The molecule has 1 saturated heterocycles. The summed E-state index contributed by atoms with van der Waals surface area (Å²) in [6.45, 7) is 3.97. The molecule has 1 amide bonds. The van der Waals surface area contributed by atoms with Crippen LogP contribution >= 0.6 is 15.9 Å². The van der Waals surface area contributed by atoms with Gasteiger partial charge in [0.1, 0.15) is 5.82 Å². The van der Waals surface area contributed by atoms with Crippen LogP contribution in [0.25, 0.3) is 0 Å². The molecule has 2 heterocycles. The molecule has 0 bridgehead atoms. The van der Waals surface area contributed by atoms with Crippen molar-refractivity contribution < 1.29 is 4.79 Å². The number of hydrogen-bond acceptors (Lipinski definition) is 4. The maximum Gasteiger partial charge on any atom is 0.234 e. The van der Waals surface area contributed by atoms with Gasteiger partial charge >= 0.3 is 0 Å². The Kier molecular flexibility index (Phi) is 3.50. The number of rotatable bonds is 2. The Morgan fingerprint density at radius 2 is 2.19 bits per heavy atom. The molecule has 1 aromatic rings. The summed E-state index contributed by atoms with van der Waals surface area (Å²) in [5, 5.41) is 2.80. The quantitative estimate of drug-likeness (QED) is 0.870. The lowest BCUT2D eigenvalue weighted by Crippen LogP contribution is -2.48. The van der Waals surface area contributed by atoms with Gasteiger partial charge < -0.3 is 5.32 Å². The monoisotopic (exact) mass is 284 g/mol. The molecular formula is C10H13BrN4O. The van der Waals surface area contributed by atoms with Gasteiger partial charge in [0.15, 0.2) is 0 Å². The van der Waals surface area contributed by atoms with Crippen molar-refractivity contribution in [1.29, 1.82) is 0 Å². The zero-order valence-electron chi connectivity index (χ0n) is 8.98. The van der Waals surface area contributed by atoms with Crippen molar-refractivity contribution in [2.75, 3.05) is 19.6 Å². The summed E-state index contributed by atoms with van der Waals surface area (Å²) in [5.41, 5.74) is 0. The molecule has 86 valence electrons. The van der Waals surface area contributed by atoms with E-state index in [0.29, 0.717) is 13.1 Å². The van der Waals surface area contributed by atoms with E-state index in [0.717, 1.165) is 16.8 Å². The average Bonchev–Trinajstić information content (AvgIpc) is 2.29. The minimum atomic E-state index is 0.0650. The van der Waals surface area contributed by atoms with Gasteiger partial charge in [0.25, 0.3) is 0 Å². The molecule has 0 radical (unpaired) electrons. The second-order valence-corrected chi connectivity index (χ2v) is 4.67. The van der Waals surface area contributed by atoms with Crippen LogP contribution in [0, 0.1) is 0 Å². The van der Waals surface area contributed by atoms with Crippen LogP contribution in [-0.2, 0) is 4.79 Å². The van der Waals surface area contributed by atoms with Crippen molar-refractivity contribution in [3.63, 3.8) is 0 Å². The fourth-order valence-electron chi connectivity index (χ4n) is 1.69. The van der Waals surface area contributed by atoms with Gasteiger partial charge in [-0.2, -0.15) is 0 Å². The van der Waals surface area contributed by atoms with E-state index in [9.17, 15) is 4.79 Å². The highest BCUT2D eigenvalue weighted by Crippen LogP contribution is 2.17. The van der Waals surface area contributed by atoms with E-state index in [1.165, 1.54) is 0 Å². The van der Waals surface area contributed by atoms with Gasteiger partial charge in [0.05, 0.1) is 17.1 Å². The Morgan fingerprint density at radius 1 is 1.50 bits per heavy atom. The standard InChI is InChI=1S/C10H13BrN4O/c1-7(10-13-4-8(11)5-14-10)15-3-2-12-9(16)6-15/h4-5,7H,2-3,6H2,1H3,(H,12,16). The molecule has 1 aromatic heterocycles. The Bertz CT molecular complexity index is 381. The van der Waals surface area contributed by atoms with Crippen LogP contribution in [0.3, 0.4) is 0 Å². The maximum atomic E-state index is 11.3. The molecule has 1 aliphatic rings. The Hall–Kier alpha value is -1.01. The highest BCUT2D eigenvalue weighted by Gasteiger charge is 2.23. The normalized spacial score (nSPS) is 19.2. The third kappa shape index (κ3) is 2.56. The number of aromatic nitrogens is 2. The second kappa shape index (κ2) is 4.88. The highest BCUT2D eigenvalue weighted by atomic mass is 79.9. The lowest BCUT2D eigenvalue weighted by atomic mass is 10.2. The molecule has 1 aliphatic heterocycles. The fourth-order valence-corrected chi connectivity index (χ4v) is 1.89. The van der Waals surface area contributed by atoms with Crippen molar-refractivity contribution in [1.82, 2.24) is 20.2 Å². The van der Waals surface area contributed by atoms with Gasteiger partial charge in [0.2, 0.25) is 5.91 Å². The first kappa shape index (κ1) is 11.5. The summed E-state index contributed by atoms with van der Waals surface area (Å²) in [4.78, 5) is 21.8. The molecule has 1 unspecified atom stereocenters. The van der Waals surface area contributed by atoms with Crippen LogP contribution in [0.2, 0.25) is 0 Å². The highest BCUT2D eigenvalue weighted by molar-refractivity contribution is 9.10. The van der Waals surface area contributed by atoms with Crippen LogP contribution in [0.5, 0.6) is 0 Å². The van der Waals surface area contributed by atoms with Crippen LogP contribution in [-0.4, -0.2) is 40.4 Å². The van der Waals surface area contributed by atoms with Crippen molar-refractivity contribution in [3.05, 3.63) is 22.7 Å². The molecule has 1 fully saturated rings. The molecular weight excluding hydrogens is 272 g/mol. The van der Waals surface area contributed by atoms with E-state index in [4.69, 9.17) is 0 Å². The van der Waals surface area contributed by atoms with Crippen molar-refractivity contribution >= 4 is 21.8 Å². The van der Waals surface area contributed by atoms with Crippen LogP contribution in [0.4, 0.5) is 0 Å². The van der Waals surface area contributed by atoms with Crippen LogP contribution in [0.1, 0.15) is 18.8 Å². The molecule has 0 saturated carbocycles. The summed E-state index contributed by atoms with van der Waals surface area (Å²) in [6.07, 6.45) is 3.45. The third-order valence-electron chi connectivity index (χ3n) is 2.63. The number of halogens is 1. The summed E-state index contributed by atoms with van der Waals surface area (Å²) in [6, 6.07) is 0.0687. The molecule has 2 rings (SSSR count). The first-order valence-electron chi connectivity index (χ1n) is 5.15. The SMILES string of the molecule is CC(c1ncc(Br)cn1)N1CCNC(=O)C1. The van der Waals surface area contributed by atoms with Gasteiger partial charge in [-0.1, -0.05) is 0 Å². The fraction of sp³-hybridized carbons (Fsp3) is 0.500. The molecule has 1 atom stereocenters. The number of piperazine rings is 1. The van der Waals surface area contributed by atoms with Gasteiger partial charge in [0, 0.05) is 25.5 Å². The smallest absolute Gasteiger partial charge is 0.234 e. The number of amides is 1. The Morgan fingerprint density at radius 3 is 2.81 bits per heavy atom. The molecule has 1 N–H and O–H groups in total. The van der Waals surface area contributed by atoms with E-state index in [1.54, 1.807) is 12.4 Å². The Labute approximate surface area is 102 Å². The van der Waals surface area contributed by atoms with Crippen molar-refractivity contribution in [2.24, 2.45) is 0 Å². The predicted octanol–water partition coefficient (Wildman–Crippen LogP) is 0.732. The lowest BCUT2D eigenvalue weighted by Gasteiger charge is -2.30. The largest absolute Gasteiger partial charge is 0.354 e. The van der Waals surface area contributed by atoms with E-state index in [1.807, 2.05) is 6.92 Å². The van der Waals surface area contributed by atoms with Crippen molar-refractivity contribution in [2.45, 2.75) is 13.0 Å². The maximum absolute atomic E-state index is 11.3. The molecule has 6 heteroatoms. The van der Waals surface area contributed by atoms with E-state index in [-0.39, 0.29) is 11.9 Å². The first-order chi connectivity index (χ1) is 7.66.